The fourth-order valence-corrected chi connectivity index (χ4v) is 1.79. The van der Waals surface area contributed by atoms with Crippen LogP contribution in [0.25, 0.3) is 0 Å². The second-order valence-electron chi connectivity index (χ2n) is 4.11. The Bertz CT molecular complexity index is 451. The Kier molecular flexibility index (Phi) is 7.01. The third-order valence-corrected chi connectivity index (χ3v) is 2.95. The second kappa shape index (κ2) is 8.53. The zero-order chi connectivity index (χ0) is 15.0. The molecule has 0 fully saturated rings. The third kappa shape index (κ3) is 4.81. The van der Waals surface area contributed by atoms with Crippen molar-refractivity contribution in [2.75, 3.05) is 32.7 Å². The van der Waals surface area contributed by atoms with Gasteiger partial charge < -0.3 is 19.5 Å². The van der Waals surface area contributed by atoms with E-state index in [9.17, 15) is 4.79 Å². The van der Waals surface area contributed by atoms with Crippen LogP contribution in [-0.4, -0.2) is 33.3 Å². The van der Waals surface area contributed by atoms with Crippen LogP contribution in [0.5, 0.6) is 11.5 Å². The smallest absolute Gasteiger partial charge is 0.325 e. The van der Waals surface area contributed by atoms with E-state index in [0.717, 1.165) is 12.8 Å². The van der Waals surface area contributed by atoms with E-state index in [4.69, 9.17) is 25.8 Å². The molecule has 1 aromatic carbocycles. The highest BCUT2D eigenvalue weighted by atomic mass is 35.5. The van der Waals surface area contributed by atoms with Gasteiger partial charge in [0.25, 0.3) is 0 Å². The quantitative estimate of drug-likeness (QED) is 0.590. The highest BCUT2D eigenvalue weighted by Crippen LogP contribution is 2.35. The van der Waals surface area contributed by atoms with Crippen LogP contribution in [0.15, 0.2) is 12.1 Å². The number of hydrogen-bond donors (Lipinski definition) is 1. The topological polar surface area (TPSA) is 56.8 Å². The number of carbonyl (C=O) groups excluding carboxylic acids is 1. The van der Waals surface area contributed by atoms with E-state index in [0.29, 0.717) is 28.8 Å². The van der Waals surface area contributed by atoms with E-state index in [1.165, 1.54) is 14.2 Å². The second-order valence-corrected chi connectivity index (χ2v) is 4.52. The summed E-state index contributed by atoms with van der Waals surface area (Å²) in [7, 11) is 3.06. The molecular formula is C14H20ClNO4. The van der Waals surface area contributed by atoms with Crippen molar-refractivity contribution in [2.45, 2.75) is 19.8 Å². The van der Waals surface area contributed by atoms with Gasteiger partial charge in [-0.05, 0) is 12.5 Å². The number of halogens is 1. The van der Waals surface area contributed by atoms with Crippen molar-refractivity contribution in [2.24, 2.45) is 0 Å². The summed E-state index contributed by atoms with van der Waals surface area (Å²) in [5.74, 6) is 0.750. The molecule has 5 nitrogen and oxygen atoms in total. The number of methoxy groups -OCH3 is 2. The number of ether oxygens (including phenoxy) is 3. The van der Waals surface area contributed by atoms with Crippen molar-refractivity contribution in [3.05, 3.63) is 17.2 Å². The average Bonchev–Trinajstić information content (AvgIpc) is 2.45. The Morgan fingerprint density at radius 3 is 2.55 bits per heavy atom. The minimum atomic E-state index is -0.313. The molecule has 0 atom stereocenters. The van der Waals surface area contributed by atoms with Crippen LogP contribution in [0, 0.1) is 0 Å². The highest BCUT2D eigenvalue weighted by Gasteiger charge is 2.11. The molecular weight excluding hydrogens is 282 g/mol. The molecule has 112 valence electrons. The molecule has 0 spiro atoms. The standard InChI is InChI=1S/C14H20ClNO4/c1-4-5-6-20-14(17)9-16-11-7-10(15)12(18-2)8-13(11)19-3/h7-8,16H,4-6,9H2,1-3H3. The average molecular weight is 302 g/mol. The maximum atomic E-state index is 11.5. The molecule has 1 N–H and O–H groups in total. The minimum Gasteiger partial charge on any atom is -0.495 e. The number of unbranched alkanes of at least 4 members (excludes halogenated alkanes) is 1. The van der Waals surface area contributed by atoms with Gasteiger partial charge in [0, 0.05) is 6.07 Å². The molecule has 0 aliphatic heterocycles. The van der Waals surface area contributed by atoms with E-state index in [1.54, 1.807) is 12.1 Å². The summed E-state index contributed by atoms with van der Waals surface area (Å²) in [6.45, 7) is 2.54. The summed E-state index contributed by atoms with van der Waals surface area (Å²) < 4.78 is 15.4. The van der Waals surface area contributed by atoms with Gasteiger partial charge in [-0.15, -0.1) is 0 Å². The molecule has 1 rings (SSSR count). The van der Waals surface area contributed by atoms with Gasteiger partial charge >= 0.3 is 5.97 Å². The first-order chi connectivity index (χ1) is 9.62. The molecule has 0 radical (unpaired) electrons. The molecule has 0 bridgehead atoms. The first-order valence-electron chi connectivity index (χ1n) is 6.43. The van der Waals surface area contributed by atoms with Gasteiger partial charge in [-0.1, -0.05) is 24.9 Å². The van der Waals surface area contributed by atoms with Crippen molar-refractivity contribution < 1.29 is 19.0 Å². The summed E-state index contributed by atoms with van der Waals surface area (Å²) in [6.07, 6.45) is 1.85. The first kappa shape index (κ1) is 16.4. The van der Waals surface area contributed by atoms with Crippen molar-refractivity contribution in [1.82, 2.24) is 0 Å². The normalized spacial score (nSPS) is 10.0. The number of carbonyl (C=O) groups is 1. The number of esters is 1. The highest BCUT2D eigenvalue weighted by molar-refractivity contribution is 6.32. The van der Waals surface area contributed by atoms with Crippen LogP contribution in [0.4, 0.5) is 5.69 Å². The monoisotopic (exact) mass is 301 g/mol. The lowest BCUT2D eigenvalue weighted by atomic mass is 10.2. The number of hydrogen-bond acceptors (Lipinski definition) is 5. The van der Waals surface area contributed by atoms with Crippen LogP contribution in [0.3, 0.4) is 0 Å². The van der Waals surface area contributed by atoms with E-state index in [1.807, 2.05) is 6.92 Å². The van der Waals surface area contributed by atoms with Gasteiger partial charge in [-0.25, -0.2) is 0 Å². The number of nitrogens with one attached hydrogen (secondary N) is 1. The van der Waals surface area contributed by atoms with Gasteiger partial charge in [0.05, 0.1) is 31.5 Å². The van der Waals surface area contributed by atoms with Gasteiger partial charge in [0.15, 0.2) is 0 Å². The molecule has 20 heavy (non-hydrogen) atoms. The van der Waals surface area contributed by atoms with Crippen molar-refractivity contribution in [3.8, 4) is 11.5 Å². The molecule has 0 aromatic heterocycles. The summed E-state index contributed by atoms with van der Waals surface area (Å²) >= 11 is 6.04. The Labute approximate surface area is 124 Å². The van der Waals surface area contributed by atoms with Gasteiger partial charge in [0.2, 0.25) is 0 Å². The molecule has 0 amide bonds. The summed E-state index contributed by atoms with van der Waals surface area (Å²) in [5, 5.41) is 3.38. The summed E-state index contributed by atoms with van der Waals surface area (Å²) in [4.78, 5) is 11.5. The first-order valence-corrected chi connectivity index (χ1v) is 6.81. The Balaban J connectivity index is 2.63. The lowest BCUT2D eigenvalue weighted by Crippen LogP contribution is -2.17. The van der Waals surface area contributed by atoms with Crippen molar-refractivity contribution >= 4 is 23.3 Å². The largest absolute Gasteiger partial charge is 0.495 e. The lowest BCUT2D eigenvalue weighted by Gasteiger charge is -2.13. The molecule has 0 saturated carbocycles. The fraction of sp³-hybridized carbons (Fsp3) is 0.500. The Hall–Kier alpha value is -1.62. The predicted octanol–water partition coefficient (Wildman–Crippen LogP) is 3.11. The zero-order valence-electron chi connectivity index (χ0n) is 12.0. The van der Waals surface area contributed by atoms with Crippen molar-refractivity contribution in [3.63, 3.8) is 0 Å². The number of anilines is 1. The van der Waals surface area contributed by atoms with Crippen LogP contribution in [0.1, 0.15) is 19.8 Å². The molecule has 0 heterocycles. The third-order valence-electron chi connectivity index (χ3n) is 2.66. The maximum absolute atomic E-state index is 11.5. The molecule has 6 heteroatoms. The van der Waals surface area contributed by atoms with E-state index < -0.39 is 0 Å². The van der Waals surface area contributed by atoms with Gasteiger partial charge in [-0.2, -0.15) is 0 Å². The molecule has 1 aromatic rings. The van der Waals surface area contributed by atoms with Crippen LogP contribution in [-0.2, 0) is 9.53 Å². The van der Waals surface area contributed by atoms with E-state index in [2.05, 4.69) is 5.32 Å². The van der Waals surface area contributed by atoms with Crippen LogP contribution >= 0.6 is 11.6 Å². The fourth-order valence-electron chi connectivity index (χ4n) is 1.55. The van der Waals surface area contributed by atoms with Gasteiger partial charge in [0.1, 0.15) is 18.0 Å². The SMILES string of the molecule is CCCCOC(=O)CNc1cc(Cl)c(OC)cc1OC. The van der Waals surface area contributed by atoms with E-state index >= 15 is 0 Å². The summed E-state index contributed by atoms with van der Waals surface area (Å²) in [6, 6.07) is 3.31. The summed E-state index contributed by atoms with van der Waals surface area (Å²) in [5.41, 5.74) is 0.616. The Morgan fingerprint density at radius 1 is 1.25 bits per heavy atom. The Morgan fingerprint density at radius 2 is 1.95 bits per heavy atom. The lowest BCUT2D eigenvalue weighted by molar-refractivity contribution is -0.141. The molecule has 0 saturated heterocycles. The molecule has 0 aliphatic carbocycles. The predicted molar refractivity (Wildman–Crippen MR) is 78.9 cm³/mol. The van der Waals surface area contributed by atoms with Crippen LogP contribution < -0.4 is 14.8 Å². The van der Waals surface area contributed by atoms with E-state index in [-0.39, 0.29) is 12.5 Å². The molecule has 0 aliphatic rings. The maximum Gasteiger partial charge on any atom is 0.325 e. The van der Waals surface area contributed by atoms with Crippen molar-refractivity contribution in [1.29, 1.82) is 0 Å². The minimum absolute atomic E-state index is 0.0583. The zero-order valence-corrected chi connectivity index (χ0v) is 12.8. The van der Waals surface area contributed by atoms with Gasteiger partial charge in [-0.3, -0.25) is 4.79 Å². The number of benzene rings is 1. The van der Waals surface area contributed by atoms with Crippen LogP contribution in [0.2, 0.25) is 5.02 Å². The number of rotatable bonds is 8. The molecule has 0 unspecified atom stereocenters.